The van der Waals surface area contributed by atoms with Gasteiger partial charge in [-0.2, -0.15) is 0 Å². The molecule has 0 saturated carbocycles. The first-order valence-electron chi connectivity index (χ1n) is 5.68. The first-order chi connectivity index (χ1) is 9.11. The summed E-state index contributed by atoms with van der Waals surface area (Å²) in [5.74, 6) is 0.321. The predicted molar refractivity (Wildman–Crippen MR) is 70.4 cm³/mol. The smallest absolute Gasteiger partial charge is 0.480 e. The van der Waals surface area contributed by atoms with E-state index in [9.17, 15) is 14.8 Å². The van der Waals surface area contributed by atoms with Crippen LogP contribution in [0.3, 0.4) is 0 Å². The zero-order valence-corrected chi connectivity index (χ0v) is 10.4. The van der Waals surface area contributed by atoms with Gasteiger partial charge in [0.05, 0.1) is 13.7 Å². The molecule has 2 aromatic rings. The highest BCUT2D eigenvalue weighted by Crippen LogP contribution is 2.03. The van der Waals surface area contributed by atoms with E-state index in [1.807, 2.05) is 0 Å². The van der Waals surface area contributed by atoms with E-state index in [1.54, 1.807) is 24.3 Å². The van der Waals surface area contributed by atoms with Crippen molar-refractivity contribution in [2.24, 2.45) is 0 Å². The topological polar surface area (TPSA) is 84.6 Å². The van der Waals surface area contributed by atoms with Crippen LogP contribution in [0, 0.1) is 0 Å². The lowest BCUT2D eigenvalue weighted by atomic mass is 9.77. The molecule has 6 nitrogen and oxygen atoms in total. The fourth-order valence-electron chi connectivity index (χ4n) is 1.74. The standard InChI is InChI=1S/C12H13BN2O4/c1-19-11-6-7-12(16)15(14-11)8-9-4-2-3-5-10(9)13(17)18/h2-7,17-18H,8H2,1H3. The summed E-state index contributed by atoms with van der Waals surface area (Å²) < 4.78 is 6.16. The van der Waals surface area contributed by atoms with E-state index >= 15 is 0 Å². The second kappa shape index (κ2) is 5.68. The Morgan fingerprint density at radius 3 is 2.68 bits per heavy atom. The molecular weight excluding hydrogens is 247 g/mol. The van der Waals surface area contributed by atoms with Crippen molar-refractivity contribution < 1.29 is 14.8 Å². The second-order valence-electron chi connectivity index (χ2n) is 3.94. The SMILES string of the molecule is COc1ccc(=O)n(Cc2ccccc2B(O)O)n1. The average molecular weight is 260 g/mol. The van der Waals surface area contributed by atoms with Crippen LogP contribution in [0.15, 0.2) is 41.2 Å². The summed E-state index contributed by atoms with van der Waals surface area (Å²) in [5, 5.41) is 22.6. The van der Waals surface area contributed by atoms with Gasteiger partial charge in [-0.25, -0.2) is 4.68 Å². The van der Waals surface area contributed by atoms with Crippen LogP contribution in [0.5, 0.6) is 5.88 Å². The van der Waals surface area contributed by atoms with Crippen molar-refractivity contribution >= 4 is 12.6 Å². The van der Waals surface area contributed by atoms with Crippen LogP contribution in [0.4, 0.5) is 0 Å². The van der Waals surface area contributed by atoms with Gasteiger partial charge in [0.15, 0.2) is 0 Å². The van der Waals surface area contributed by atoms with Crippen LogP contribution >= 0.6 is 0 Å². The van der Waals surface area contributed by atoms with Crippen LogP contribution in [-0.4, -0.2) is 34.1 Å². The van der Waals surface area contributed by atoms with Crippen LogP contribution in [-0.2, 0) is 6.54 Å². The Morgan fingerprint density at radius 2 is 2.00 bits per heavy atom. The second-order valence-corrected chi connectivity index (χ2v) is 3.94. The summed E-state index contributed by atoms with van der Waals surface area (Å²) in [4.78, 5) is 11.7. The summed E-state index contributed by atoms with van der Waals surface area (Å²) in [7, 11) is -0.125. The van der Waals surface area contributed by atoms with Gasteiger partial charge >= 0.3 is 7.12 Å². The third-order valence-electron chi connectivity index (χ3n) is 2.70. The van der Waals surface area contributed by atoms with Crippen molar-refractivity contribution in [3.05, 3.63) is 52.3 Å². The van der Waals surface area contributed by atoms with E-state index in [4.69, 9.17) is 4.74 Å². The summed E-state index contributed by atoms with van der Waals surface area (Å²) in [5.41, 5.74) is 0.669. The van der Waals surface area contributed by atoms with E-state index in [0.29, 0.717) is 16.9 Å². The summed E-state index contributed by atoms with van der Waals surface area (Å²) >= 11 is 0. The van der Waals surface area contributed by atoms with Crippen molar-refractivity contribution in [2.45, 2.75) is 6.54 Å². The molecule has 0 spiro atoms. The molecular formula is C12H13BN2O4. The molecule has 0 atom stereocenters. The van der Waals surface area contributed by atoms with Gasteiger partial charge in [0.25, 0.3) is 5.56 Å². The molecule has 1 aromatic heterocycles. The molecule has 0 bridgehead atoms. The van der Waals surface area contributed by atoms with Crippen molar-refractivity contribution in [2.75, 3.05) is 7.11 Å². The lowest BCUT2D eigenvalue weighted by Crippen LogP contribution is -2.35. The lowest BCUT2D eigenvalue weighted by molar-refractivity contribution is 0.379. The van der Waals surface area contributed by atoms with E-state index in [1.165, 1.54) is 23.9 Å². The van der Waals surface area contributed by atoms with Gasteiger partial charge in [0, 0.05) is 12.1 Å². The molecule has 1 heterocycles. The van der Waals surface area contributed by atoms with E-state index in [-0.39, 0.29) is 12.1 Å². The molecule has 7 heteroatoms. The van der Waals surface area contributed by atoms with Gasteiger partial charge in [-0.15, -0.1) is 5.10 Å². The van der Waals surface area contributed by atoms with E-state index in [0.717, 1.165) is 0 Å². The van der Waals surface area contributed by atoms with Crippen molar-refractivity contribution in [3.63, 3.8) is 0 Å². The molecule has 0 aliphatic carbocycles. The molecule has 0 radical (unpaired) electrons. The molecule has 0 saturated heterocycles. The van der Waals surface area contributed by atoms with Gasteiger partial charge in [0.2, 0.25) is 5.88 Å². The molecule has 98 valence electrons. The Balaban J connectivity index is 2.39. The highest BCUT2D eigenvalue weighted by Gasteiger charge is 2.16. The van der Waals surface area contributed by atoms with Gasteiger partial charge in [0.1, 0.15) is 0 Å². The van der Waals surface area contributed by atoms with Gasteiger partial charge in [-0.05, 0) is 11.0 Å². The Bertz CT molecular complexity index is 627. The number of benzene rings is 1. The maximum atomic E-state index is 11.7. The first kappa shape index (κ1) is 13.3. The van der Waals surface area contributed by atoms with Gasteiger partial charge in [-0.1, -0.05) is 24.3 Å². The van der Waals surface area contributed by atoms with Crippen LogP contribution in [0.2, 0.25) is 0 Å². The van der Waals surface area contributed by atoms with Gasteiger partial charge in [-0.3, -0.25) is 4.79 Å². The van der Waals surface area contributed by atoms with E-state index < -0.39 is 7.12 Å². The molecule has 0 fully saturated rings. The number of nitrogens with zero attached hydrogens (tertiary/aromatic N) is 2. The highest BCUT2D eigenvalue weighted by atomic mass is 16.5. The third kappa shape index (κ3) is 3.01. The largest absolute Gasteiger partial charge is 0.488 e. The minimum Gasteiger partial charge on any atom is -0.480 e. The Labute approximate surface area is 110 Å². The summed E-state index contributed by atoms with van der Waals surface area (Å²) in [6, 6.07) is 9.58. The Kier molecular flexibility index (Phi) is 3.98. The number of aromatic nitrogens is 2. The van der Waals surface area contributed by atoms with Gasteiger partial charge < -0.3 is 14.8 Å². The number of ether oxygens (including phenoxy) is 1. The zero-order chi connectivity index (χ0) is 13.8. The molecule has 0 amide bonds. The maximum Gasteiger partial charge on any atom is 0.488 e. The molecule has 2 rings (SSSR count). The van der Waals surface area contributed by atoms with Crippen LogP contribution in [0.1, 0.15) is 5.56 Å². The fraction of sp³-hybridized carbons (Fsp3) is 0.167. The summed E-state index contributed by atoms with van der Waals surface area (Å²) in [6.07, 6.45) is 0. The monoisotopic (exact) mass is 260 g/mol. The van der Waals surface area contributed by atoms with Crippen molar-refractivity contribution in [1.82, 2.24) is 9.78 Å². The molecule has 0 aliphatic heterocycles. The molecule has 19 heavy (non-hydrogen) atoms. The maximum absolute atomic E-state index is 11.7. The molecule has 0 aliphatic rings. The Hall–Kier alpha value is -2.12. The highest BCUT2D eigenvalue weighted by molar-refractivity contribution is 6.59. The average Bonchev–Trinajstić information content (AvgIpc) is 2.41. The minimum absolute atomic E-state index is 0.143. The predicted octanol–water partition coefficient (Wildman–Crippen LogP) is -1.02. The molecule has 1 aromatic carbocycles. The zero-order valence-electron chi connectivity index (χ0n) is 10.4. The van der Waals surface area contributed by atoms with Crippen molar-refractivity contribution in [1.29, 1.82) is 0 Å². The lowest BCUT2D eigenvalue weighted by Gasteiger charge is -2.10. The van der Waals surface area contributed by atoms with Crippen LogP contribution in [0.25, 0.3) is 0 Å². The number of hydrogen-bond donors (Lipinski definition) is 2. The Morgan fingerprint density at radius 1 is 1.26 bits per heavy atom. The molecule has 0 unspecified atom stereocenters. The fourth-order valence-corrected chi connectivity index (χ4v) is 1.74. The first-order valence-corrected chi connectivity index (χ1v) is 5.68. The number of methoxy groups -OCH3 is 1. The molecule has 2 N–H and O–H groups in total. The quantitative estimate of drug-likeness (QED) is 0.687. The normalized spacial score (nSPS) is 10.3. The third-order valence-corrected chi connectivity index (χ3v) is 2.70. The van der Waals surface area contributed by atoms with Crippen molar-refractivity contribution in [3.8, 4) is 5.88 Å². The minimum atomic E-state index is -1.59. The van der Waals surface area contributed by atoms with E-state index in [2.05, 4.69) is 5.10 Å². The number of hydrogen-bond acceptors (Lipinski definition) is 5. The van der Waals surface area contributed by atoms with Crippen LogP contribution < -0.4 is 15.8 Å². The summed E-state index contributed by atoms with van der Waals surface area (Å²) in [6.45, 7) is 0.143. The number of rotatable bonds is 4.